The number of primary amides is 1. The fourth-order valence-electron chi connectivity index (χ4n) is 2.00. The lowest BCUT2D eigenvalue weighted by Crippen LogP contribution is -2.19. The van der Waals surface area contributed by atoms with Crippen LogP contribution < -0.4 is 16.4 Å². The number of halogens is 1. The van der Waals surface area contributed by atoms with Gasteiger partial charge in [-0.25, -0.2) is 4.39 Å². The standard InChI is InChI=1S/C17H16FN3O3/c1-10(22)20-9-11-2-4-12(5-3-11)17(24)21-13-6-7-15(18)14(8-13)16(19)23/h2-8H,9H2,1H3,(H2,19,23)(H,20,22)(H,21,24). The number of amides is 3. The first-order valence-corrected chi connectivity index (χ1v) is 7.11. The SMILES string of the molecule is CC(=O)NCc1ccc(C(=O)Nc2ccc(F)c(C(N)=O)c2)cc1. The minimum atomic E-state index is -0.911. The van der Waals surface area contributed by atoms with Crippen LogP contribution in [0.2, 0.25) is 0 Å². The van der Waals surface area contributed by atoms with E-state index >= 15 is 0 Å². The molecule has 0 saturated carbocycles. The summed E-state index contributed by atoms with van der Waals surface area (Å²) >= 11 is 0. The Morgan fingerprint density at radius 1 is 1.08 bits per heavy atom. The Kier molecular flexibility index (Phi) is 5.26. The summed E-state index contributed by atoms with van der Waals surface area (Å²) in [5, 5.41) is 5.22. The van der Waals surface area contributed by atoms with E-state index in [1.807, 2.05) is 0 Å². The van der Waals surface area contributed by atoms with Crippen LogP contribution in [-0.2, 0) is 11.3 Å². The van der Waals surface area contributed by atoms with Crippen molar-refractivity contribution in [1.29, 1.82) is 0 Å². The van der Waals surface area contributed by atoms with Crippen molar-refractivity contribution in [2.45, 2.75) is 13.5 Å². The highest BCUT2D eigenvalue weighted by Gasteiger charge is 2.11. The molecule has 0 unspecified atom stereocenters. The molecule has 0 radical (unpaired) electrons. The minimum absolute atomic E-state index is 0.140. The van der Waals surface area contributed by atoms with E-state index in [0.29, 0.717) is 12.1 Å². The summed E-state index contributed by atoms with van der Waals surface area (Å²) in [5.74, 6) is -2.21. The van der Waals surface area contributed by atoms with Gasteiger partial charge in [0.1, 0.15) is 5.82 Å². The van der Waals surface area contributed by atoms with E-state index in [0.717, 1.165) is 11.6 Å². The molecule has 2 aromatic carbocycles. The van der Waals surface area contributed by atoms with Gasteiger partial charge in [0, 0.05) is 24.7 Å². The molecule has 6 nitrogen and oxygen atoms in total. The van der Waals surface area contributed by atoms with Gasteiger partial charge < -0.3 is 16.4 Å². The van der Waals surface area contributed by atoms with Crippen molar-refractivity contribution in [2.24, 2.45) is 5.73 Å². The maximum absolute atomic E-state index is 13.4. The number of carbonyl (C=O) groups excluding carboxylic acids is 3. The van der Waals surface area contributed by atoms with Crippen molar-refractivity contribution in [2.75, 3.05) is 5.32 Å². The van der Waals surface area contributed by atoms with E-state index < -0.39 is 17.6 Å². The zero-order chi connectivity index (χ0) is 17.7. The highest BCUT2D eigenvalue weighted by molar-refractivity contribution is 6.05. The lowest BCUT2D eigenvalue weighted by molar-refractivity contribution is -0.119. The third kappa shape index (κ3) is 4.39. The Hall–Kier alpha value is -3.22. The molecule has 0 heterocycles. The first-order valence-electron chi connectivity index (χ1n) is 7.11. The predicted octanol–water partition coefficient (Wildman–Crippen LogP) is 1.81. The van der Waals surface area contributed by atoms with Crippen LogP contribution in [0.1, 0.15) is 33.2 Å². The van der Waals surface area contributed by atoms with Crippen LogP contribution in [0.3, 0.4) is 0 Å². The zero-order valence-corrected chi connectivity index (χ0v) is 12.9. The third-order valence-electron chi connectivity index (χ3n) is 3.25. The van der Waals surface area contributed by atoms with Crippen LogP contribution in [0.4, 0.5) is 10.1 Å². The van der Waals surface area contributed by atoms with E-state index in [1.165, 1.54) is 19.1 Å². The van der Waals surface area contributed by atoms with Crippen LogP contribution in [0.15, 0.2) is 42.5 Å². The Balaban J connectivity index is 2.08. The molecule has 0 atom stereocenters. The number of nitrogens with two attached hydrogens (primary N) is 1. The van der Waals surface area contributed by atoms with Crippen molar-refractivity contribution in [1.82, 2.24) is 5.32 Å². The summed E-state index contributed by atoms with van der Waals surface area (Å²) in [6, 6.07) is 10.2. The van der Waals surface area contributed by atoms with E-state index in [4.69, 9.17) is 5.73 Å². The van der Waals surface area contributed by atoms with Gasteiger partial charge in [-0.15, -0.1) is 0 Å². The van der Waals surface area contributed by atoms with Crippen molar-refractivity contribution in [3.8, 4) is 0 Å². The molecule has 0 bridgehead atoms. The normalized spacial score (nSPS) is 10.1. The molecule has 0 aliphatic rings. The van der Waals surface area contributed by atoms with Crippen LogP contribution in [0, 0.1) is 5.82 Å². The molecule has 0 fully saturated rings. The molecule has 7 heteroatoms. The Labute approximate surface area is 137 Å². The van der Waals surface area contributed by atoms with Gasteiger partial charge in [-0.2, -0.15) is 0 Å². The summed E-state index contributed by atoms with van der Waals surface area (Å²) in [7, 11) is 0. The van der Waals surface area contributed by atoms with Crippen molar-refractivity contribution in [3.63, 3.8) is 0 Å². The number of hydrogen-bond donors (Lipinski definition) is 3. The zero-order valence-electron chi connectivity index (χ0n) is 12.9. The fourth-order valence-corrected chi connectivity index (χ4v) is 2.00. The quantitative estimate of drug-likeness (QED) is 0.779. The minimum Gasteiger partial charge on any atom is -0.366 e. The molecule has 4 N–H and O–H groups in total. The molecule has 0 aliphatic heterocycles. The van der Waals surface area contributed by atoms with Gasteiger partial charge in [-0.1, -0.05) is 12.1 Å². The summed E-state index contributed by atoms with van der Waals surface area (Å²) in [5.41, 5.74) is 6.27. The monoisotopic (exact) mass is 329 g/mol. The van der Waals surface area contributed by atoms with Gasteiger partial charge in [-0.3, -0.25) is 14.4 Å². The Bertz CT molecular complexity index is 788. The highest BCUT2D eigenvalue weighted by atomic mass is 19.1. The number of hydrogen-bond acceptors (Lipinski definition) is 3. The van der Waals surface area contributed by atoms with Gasteiger partial charge in [0.2, 0.25) is 5.91 Å². The molecular formula is C17H16FN3O3. The van der Waals surface area contributed by atoms with Crippen molar-refractivity contribution >= 4 is 23.4 Å². The topological polar surface area (TPSA) is 101 Å². The first-order chi connectivity index (χ1) is 11.4. The van der Waals surface area contributed by atoms with E-state index in [2.05, 4.69) is 10.6 Å². The second-order valence-corrected chi connectivity index (χ2v) is 5.12. The van der Waals surface area contributed by atoms with Gasteiger partial charge in [0.05, 0.1) is 5.56 Å². The number of rotatable bonds is 5. The molecule has 0 aliphatic carbocycles. The lowest BCUT2D eigenvalue weighted by Gasteiger charge is -2.08. The van der Waals surface area contributed by atoms with E-state index in [9.17, 15) is 18.8 Å². The van der Waals surface area contributed by atoms with Gasteiger partial charge in [0.25, 0.3) is 11.8 Å². The second kappa shape index (κ2) is 7.36. The summed E-state index contributed by atoms with van der Waals surface area (Å²) in [6.45, 7) is 1.79. The van der Waals surface area contributed by atoms with Gasteiger partial charge in [0.15, 0.2) is 0 Å². The second-order valence-electron chi connectivity index (χ2n) is 5.12. The molecule has 24 heavy (non-hydrogen) atoms. The predicted molar refractivity (Wildman–Crippen MR) is 86.8 cm³/mol. The average molecular weight is 329 g/mol. The number of benzene rings is 2. The number of carbonyl (C=O) groups is 3. The van der Waals surface area contributed by atoms with E-state index in [-0.39, 0.29) is 17.2 Å². The Morgan fingerprint density at radius 2 is 1.75 bits per heavy atom. The summed E-state index contributed by atoms with van der Waals surface area (Å²) < 4.78 is 13.4. The molecule has 2 aromatic rings. The molecule has 0 saturated heterocycles. The third-order valence-corrected chi connectivity index (χ3v) is 3.25. The van der Waals surface area contributed by atoms with E-state index in [1.54, 1.807) is 24.3 Å². The summed E-state index contributed by atoms with van der Waals surface area (Å²) in [4.78, 5) is 34.1. The van der Waals surface area contributed by atoms with Crippen molar-refractivity contribution in [3.05, 3.63) is 65.0 Å². The van der Waals surface area contributed by atoms with Crippen LogP contribution in [0.5, 0.6) is 0 Å². The number of anilines is 1. The molecule has 2 rings (SSSR count). The van der Waals surface area contributed by atoms with Crippen LogP contribution >= 0.6 is 0 Å². The van der Waals surface area contributed by atoms with Crippen LogP contribution in [0.25, 0.3) is 0 Å². The maximum Gasteiger partial charge on any atom is 0.255 e. The summed E-state index contributed by atoms with van der Waals surface area (Å²) in [6.07, 6.45) is 0. The van der Waals surface area contributed by atoms with Gasteiger partial charge in [-0.05, 0) is 35.9 Å². The highest BCUT2D eigenvalue weighted by Crippen LogP contribution is 2.16. The van der Waals surface area contributed by atoms with Gasteiger partial charge >= 0.3 is 0 Å². The maximum atomic E-state index is 13.4. The molecule has 124 valence electrons. The molecule has 0 spiro atoms. The van der Waals surface area contributed by atoms with Crippen LogP contribution in [-0.4, -0.2) is 17.7 Å². The Morgan fingerprint density at radius 3 is 2.33 bits per heavy atom. The number of nitrogens with one attached hydrogen (secondary N) is 2. The largest absolute Gasteiger partial charge is 0.366 e. The average Bonchev–Trinajstić information content (AvgIpc) is 2.54. The fraction of sp³-hybridized carbons (Fsp3) is 0.118. The lowest BCUT2D eigenvalue weighted by atomic mass is 10.1. The smallest absolute Gasteiger partial charge is 0.255 e. The molecular weight excluding hydrogens is 313 g/mol. The molecule has 3 amide bonds. The first kappa shape index (κ1) is 17.1. The van der Waals surface area contributed by atoms with Crippen molar-refractivity contribution < 1.29 is 18.8 Å². The molecule has 0 aromatic heterocycles.